The molecule has 150 valence electrons. The summed E-state index contributed by atoms with van der Waals surface area (Å²) in [6.07, 6.45) is 4.91. The van der Waals surface area contributed by atoms with Crippen LogP contribution in [0.2, 0.25) is 0 Å². The van der Waals surface area contributed by atoms with Crippen LogP contribution >= 0.6 is 67.8 Å². The highest BCUT2D eigenvalue weighted by molar-refractivity contribution is 14.1. The molecule has 28 heavy (non-hydrogen) atoms. The quantitative estimate of drug-likeness (QED) is 0.146. The maximum atomic E-state index is 12.9. The van der Waals surface area contributed by atoms with Crippen molar-refractivity contribution in [1.29, 1.82) is 0 Å². The Morgan fingerprint density at radius 2 is 1.50 bits per heavy atom. The third-order valence-corrected chi connectivity index (χ3v) is 9.57. The second-order valence-electron chi connectivity index (χ2n) is 6.52. The zero-order valence-corrected chi connectivity index (χ0v) is 22.0. The molecular weight excluding hydrogens is 721 g/mol. The van der Waals surface area contributed by atoms with Gasteiger partial charge in [-0.15, -0.1) is 0 Å². The van der Waals surface area contributed by atoms with Gasteiger partial charge in [-0.2, -0.15) is 8.42 Å². The first-order chi connectivity index (χ1) is 13.2. The predicted octanol–water partition coefficient (Wildman–Crippen LogP) is 5.63. The van der Waals surface area contributed by atoms with E-state index in [1.54, 1.807) is 0 Å². The molecule has 0 saturated carbocycles. The Morgan fingerprint density at radius 3 is 2.14 bits per heavy atom. The van der Waals surface area contributed by atoms with Gasteiger partial charge < -0.3 is 4.74 Å². The molecule has 2 aromatic carbocycles. The first-order valence-corrected chi connectivity index (χ1v) is 13.4. The van der Waals surface area contributed by atoms with Gasteiger partial charge in [0.25, 0.3) is 10.1 Å². The molecule has 0 fully saturated rings. The fourth-order valence-electron chi connectivity index (χ4n) is 3.36. The molecule has 0 aliphatic heterocycles. The highest BCUT2D eigenvalue weighted by atomic mass is 127. The average molecular weight is 738 g/mol. The van der Waals surface area contributed by atoms with Gasteiger partial charge in [0.15, 0.2) is 0 Å². The van der Waals surface area contributed by atoms with Crippen LogP contribution in [-0.4, -0.2) is 18.9 Å². The van der Waals surface area contributed by atoms with Crippen molar-refractivity contribution in [3.8, 4) is 5.75 Å². The lowest BCUT2D eigenvalue weighted by molar-refractivity contribution is 0.0730. The van der Waals surface area contributed by atoms with Gasteiger partial charge in [0, 0.05) is 10.7 Å². The SMILES string of the molecule is O=C(Oc1ccc(S(=O)(=O)O)c2c1CCCCCC2)c1c(I)ccc(I)c1I. The van der Waals surface area contributed by atoms with Gasteiger partial charge in [-0.3, -0.25) is 4.55 Å². The topological polar surface area (TPSA) is 80.7 Å². The van der Waals surface area contributed by atoms with Crippen LogP contribution in [0.1, 0.15) is 47.2 Å². The number of benzene rings is 2. The number of hydrogen-bond acceptors (Lipinski definition) is 4. The van der Waals surface area contributed by atoms with E-state index in [1.165, 1.54) is 12.1 Å². The first-order valence-electron chi connectivity index (χ1n) is 8.68. The maximum Gasteiger partial charge on any atom is 0.345 e. The lowest BCUT2D eigenvalue weighted by atomic mass is 9.92. The molecule has 1 aliphatic carbocycles. The Hall–Kier alpha value is 0.0100. The summed E-state index contributed by atoms with van der Waals surface area (Å²) in [7, 11) is -4.33. The van der Waals surface area contributed by atoms with E-state index in [4.69, 9.17) is 4.74 Å². The van der Waals surface area contributed by atoms with Crippen molar-refractivity contribution in [2.75, 3.05) is 0 Å². The maximum absolute atomic E-state index is 12.9. The molecule has 3 rings (SSSR count). The minimum absolute atomic E-state index is 0.0809. The van der Waals surface area contributed by atoms with Crippen LogP contribution in [0.5, 0.6) is 5.75 Å². The molecule has 5 nitrogen and oxygen atoms in total. The number of esters is 1. The number of carbonyl (C=O) groups excluding carboxylic acids is 1. The Morgan fingerprint density at radius 1 is 0.893 bits per heavy atom. The van der Waals surface area contributed by atoms with Gasteiger partial charge >= 0.3 is 5.97 Å². The summed E-state index contributed by atoms with van der Waals surface area (Å²) in [5.41, 5.74) is 1.78. The van der Waals surface area contributed by atoms with Gasteiger partial charge in [-0.25, -0.2) is 4.79 Å². The molecule has 9 heteroatoms. The van der Waals surface area contributed by atoms with E-state index in [9.17, 15) is 17.8 Å². The van der Waals surface area contributed by atoms with Crippen molar-refractivity contribution in [2.24, 2.45) is 0 Å². The summed E-state index contributed by atoms with van der Waals surface area (Å²) in [5, 5.41) is 0. The molecular formula is C19H17I3O5S. The Bertz CT molecular complexity index is 1030. The van der Waals surface area contributed by atoms with Crippen molar-refractivity contribution in [2.45, 2.75) is 43.4 Å². The minimum atomic E-state index is -4.33. The smallest absolute Gasteiger partial charge is 0.345 e. The van der Waals surface area contributed by atoms with Crippen LogP contribution in [-0.2, 0) is 23.0 Å². The number of ether oxygens (including phenoxy) is 1. The summed E-state index contributed by atoms with van der Waals surface area (Å²) in [5.74, 6) is -0.0871. The normalized spacial score (nSPS) is 14.7. The Kier molecular flexibility index (Phi) is 7.64. The molecule has 0 aromatic heterocycles. The van der Waals surface area contributed by atoms with Gasteiger partial charge in [0.2, 0.25) is 0 Å². The zero-order valence-electron chi connectivity index (χ0n) is 14.7. The summed E-state index contributed by atoms with van der Waals surface area (Å²) < 4.78 is 41.6. The fraction of sp³-hybridized carbons (Fsp3) is 0.316. The van der Waals surface area contributed by atoms with Crippen LogP contribution in [0.4, 0.5) is 0 Å². The third-order valence-electron chi connectivity index (χ3n) is 4.68. The Balaban J connectivity index is 2.07. The molecule has 0 spiro atoms. The van der Waals surface area contributed by atoms with Crippen LogP contribution in [0, 0.1) is 10.7 Å². The first kappa shape index (κ1) is 22.7. The van der Waals surface area contributed by atoms with Crippen molar-refractivity contribution < 1.29 is 22.5 Å². The molecule has 0 unspecified atom stereocenters. The van der Waals surface area contributed by atoms with E-state index in [1.807, 2.05) is 12.1 Å². The number of halogens is 3. The fourth-order valence-corrected chi connectivity index (χ4v) is 6.46. The highest BCUT2D eigenvalue weighted by Crippen LogP contribution is 2.34. The van der Waals surface area contributed by atoms with Gasteiger partial charge in [-0.05, 0) is 129 Å². The van der Waals surface area contributed by atoms with E-state index in [0.29, 0.717) is 35.3 Å². The van der Waals surface area contributed by atoms with Crippen LogP contribution in [0.15, 0.2) is 29.2 Å². The third kappa shape index (κ3) is 5.01. The summed E-state index contributed by atoms with van der Waals surface area (Å²) >= 11 is 6.42. The molecule has 0 heterocycles. The highest BCUT2D eigenvalue weighted by Gasteiger charge is 2.25. The average Bonchev–Trinajstić information content (AvgIpc) is 2.58. The van der Waals surface area contributed by atoms with Crippen molar-refractivity contribution in [3.63, 3.8) is 0 Å². The van der Waals surface area contributed by atoms with Gasteiger partial charge in [-0.1, -0.05) is 12.8 Å². The van der Waals surface area contributed by atoms with E-state index in [0.717, 1.165) is 36.4 Å². The largest absolute Gasteiger partial charge is 0.423 e. The monoisotopic (exact) mass is 738 g/mol. The van der Waals surface area contributed by atoms with Crippen molar-refractivity contribution in [1.82, 2.24) is 0 Å². The summed E-state index contributed by atoms with van der Waals surface area (Å²) in [6, 6.07) is 6.63. The Labute approximate surface area is 205 Å². The second kappa shape index (κ2) is 9.43. The standard InChI is InChI=1S/C19H17I3O5S/c20-13-7-8-14(21)18(22)17(13)19(23)27-15-9-10-16(28(24,25)26)12-6-4-2-1-3-5-11(12)15/h7-10H,1-6H2,(H,24,25,26). The molecule has 2 aromatic rings. The molecule has 0 atom stereocenters. The van der Waals surface area contributed by atoms with E-state index in [-0.39, 0.29) is 4.90 Å². The molecule has 1 N–H and O–H groups in total. The van der Waals surface area contributed by atoms with E-state index >= 15 is 0 Å². The molecule has 0 radical (unpaired) electrons. The summed E-state index contributed by atoms with van der Waals surface area (Å²) in [4.78, 5) is 12.8. The van der Waals surface area contributed by atoms with E-state index in [2.05, 4.69) is 67.8 Å². The number of fused-ring (bicyclic) bond motifs is 1. The molecule has 0 bridgehead atoms. The van der Waals surface area contributed by atoms with Crippen LogP contribution in [0.3, 0.4) is 0 Å². The predicted molar refractivity (Wildman–Crippen MR) is 132 cm³/mol. The number of carbonyl (C=O) groups is 1. The summed E-state index contributed by atoms with van der Waals surface area (Å²) in [6.45, 7) is 0. The van der Waals surface area contributed by atoms with E-state index < -0.39 is 16.1 Å². The number of hydrogen-bond donors (Lipinski definition) is 1. The van der Waals surface area contributed by atoms with Crippen molar-refractivity contribution in [3.05, 3.63) is 51.7 Å². The van der Waals surface area contributed by atoms with Crippen LogP contribution < -0.4 is 4.74 Å². The van der Waals surface area contributed by atoms with Crippen LogP contribution in [0.25, 0.3) is 0 Å². The van der Waals surface area contributed by atoms with Gasteiger partial charge in [0.1, 0.15) is 5.75 Å². The molecule has 0 amide bonds. The number of rotatable bonds is 3. The second-order valence-corrected chi connectivity index (χ2v) is 11.3. The van der Waals surface area contributed by atoms with Crippen molar-refractivity contribution >= 4 is 83.9 Å². The lowest BCUT2D eigenvalue weighted by Crippen LogP contribution is -2.16. The minimum Gasteiger partial charge on any atom is -0.423 e. The lowest BCUT2D eigenvalue weighted by Gasteiger charge is -2.20. The molecule has 1 aliphatic rings. The zero-order chi connectivity index (χ0) is 20.5. The van der Waals surface area contributed by atoms with Gasteiger partial charge in [0.05, 0.1) is 10.5 Å². The molecule has 0 saturated heterocycles.